The van der Waals surface area contributed by atoms with E-state index in [0.29, 0.717) is 19.6 Å². The highest BCUT2D eigenvalue weighted by Crippen LogP contribution is 2.14. The van der Waals surface area contributed by atoms with Crippen molar-refractivity contribution in [2.75, 3.05) is 20.3 Å². The van der Waals surface area contributed by atoms with Crippen LogP contribution in [0, 0.1) is 5.92 Å². The van der Waals surface area contributed by atoms with Crippen LogP contribution in [-0.2, 0) is 14.3 Å². The summed E-state index contributed by atoms with van der Waals surface area (Å²) in [7, 11) is 1.38. The molecule has 1 rings (SSSR count). The highest BCUT2D eigenvalue weighted by Gasteiger charge is 2.29. The van der Waals surface area contributed by atoms with Crippen molar-refractivity contribution >= 4 is 5.97 Å². The fourth-order valence-corrected chi connectivity index (χ4v) is 1.20. The van der Waals surface area contributed by atoms with Gasteiger partial charge in [0.15, 0.2) is 0 Å². The van der Waals surface area contributed by atoms with Crippen LogP contribution in [0.2, 0.25) is 0 Å². The van der Waals surface area contributed by atoms with Crippen molar-refractivity contribution in [2.24, 2.45) is 11.7 Å². The quantitative estimate of drug-likeness (QED) is 0.525. The van der Waals surface area contributed by atoms with Crippen LogP contribution in [0.5, 0.6) is 0 Å². The van der Waals surface area contributed by atoms with Gasteiger partial charge in [-0.1, -0.05) is 0 Å². The summed E-state index contributed by atoms with van der Waals surface area (Å²) in [4.78, 5) is 11.0. The summed E-state index contributed by atoms with van der Waals surface area (Å²) in [6.07, 6.45) is 0.674. The number of esters is 1. The molecule has 1 aliphatic rings. The second-order valence-corrected chi connectivity index (χ2v) is 2.66. The molecule has 1 aliphatic heterocycles. The molecule has 0 spiro atoms. The van der Waals surface area contributed by atoms with Gasteiger partial charge in [0.1, 0.15) is 0 Å². The Hall–Kier alpha value is -0.610. The lowest BCUT2D eigenvalue weighted by Gasteiger charge is -2.26. The molecule has 11 heavy (non-hydrogen) atoms. The number of rotatable bonds is 1. The molecule has 0 bridgehead atoms. The van der Waals surface area contributed by atoms with Crippen LogP contribution >= 0.6 is 0 Å². The first-order valence-electron chi connectivity index (χ1n) is 3.67. The Balaban J connectivity index is 2.47. The standard InChI is InChI=1S/C7H13NO3/c1-10-7(9)5-2-3-11-4-6(5)8/h5-6H,2-4,8H2,1H3/t5-,6-/m0/s1. The molecule has 2 atom stereocenters. The first kappa shape index (κ1) is 8.49. The summed E-state index contributed by atoms with van der Waals surface area (Å²) >= 11 is 0. The Labute approximate surface area is 65.7 Å². The number of hydrogen-bond acceptors (Lipinski definition) is 4. The molecule has 4 heteroatoms. The maximum Gasteiger partial charge on any atom is 0.310 e. The molecule has 2 N–H and O–H groups in total. The van der Waals surface area contributed by atoms with Crippen molar-refractivity contribution in [3.63, 3.8) is 0 Å². The van der Waals surface area contributed by atoms with Crippen molar-refractivity contribution in [2.45, 2.75) is 12.5 Å². The van der Waals surface area contributed by atoms with Crippen LogP contribution < -0.4 is 5.73 Å². The van der Waals surface area contributed by atoms with E-state index in [1.54, 1.807) is 0 Å². The largest absolute Gasteiger partial charge is 0.469 e. The van der Waals surface area contributed by atoms with Crippen molar-refractivity contribution in [3.8, 4) is 0 Å². The van der Waals surface area contributed by atoms with Crippen LogP contribution in [0.1, 0.15) is 6.42 Å². The molecule has 1 fully saturated rings. The summed E-state index contributed by atoms with van der Waals surface area (Å²) in [5, 5.41) is 0. The fraction of sp³-hybridized carbons (Fsp3) is 0.857. The Morgan fingerprint density at radius 1 is 1.73 bits per heavy atom. The number of hydrogen-bond donors (Lipinski definition) is 1. The second kappa shape index (κ2) is 3.69. The molecule has 0 unspecified atom stereocenters. The van der Waals surface area contributed by atoms with E-state index in [1.807, 2.05) is 0 Å². The first-order chi connectivity index (χ1) is 5.25. The predicted octanol–water partition coefficient (Wildman–Crippen LogP) is -0.477. The second-order valence-electron chi connectivity index (χ2n) is 2.66. The number of carbonyl (C=O) groups is 1. The lowest BCUT2D eigenvalue weighted by atomic mass is 9.96. The van der Waals surface area contributed by atoms with E-state index in [9.17, 15) is 4.79 Å². The third-order valence-electron chi connectivity index (χ3n) is 1.90. The zero-order valence-corrected chi connectivity index (χ0v) is 6.58. The van der Waals surface area contributed by atoms with E-state index < -0.39 is 0 Å². The highest BCUT2D eigenvalue weighted by molar-refractivity contribution is 5.73. The van der Waals surface area contributed by atoms with Gasteiger partial charge >= 0.3 is 5.97 Å². The van der Waals surface area contributed by atoms with E-state index >= 15 is 0 Å². The topological polar surface area (TPSA) is 61.5 Å². The van der Waals surface area contributed by atoms with Gasteiger partial charge in [0.05, 0.1) is 19.6 Å². The van der Waals surface area contributed by atoms with Gasteiger partial charge in [-0.25, -0.2) is 0 Å². The normalized spacial score (nSPS) is 31.5. The molecule has 0 saturated carbocycles. The fourth-order valence-electron chi connectivity index (χ4n) is 1.20. The summed E-state index contributed by atoms with van der Waals surface area (Å²) in [6.45, 7) is 1.06. The zero-order chi connectivity index (χ0) is 8.27. The highest BCUT2D eigenvalue weighted by atomic mass is 16.5. The molecule has 0 radical (unpaired) electrons. The number of methoxy groups -OCH3 is 1. The third-order valence-corrected chi connectivity index (χ3v) is 1.90. The summed E-state index contributed by atoms with van der Waals surface area (Å²) < 4.78 is 9.66. The molecule has 0 amide bonds. The molecule has 0 aromatic rings. The molecule has 64 valence electrons. The average Bonchev–Trinajstić information content (AvgIpc) is 2.04. The Bertz CT molecular complexity index is 149. The van der Waals surface area contributed by atoms with Crippen LogP contribution in [0.4, 0.5) is 0 Å². The van der Waals surface area contributed by atoms with E-state index in [2.05, 4.69) is 4.74 Å². The molecular formula is C7H13NO3. The zero-order valence-electron chi connectivity index (χ0n) is 6.58. The Morgan fingerprint density at radius 2 is 2.45 bits per heavy atom. The molecule has 0 aromatic heterocycles. The lowest BCUT2D eigenvalue weighted by molar-refractivity contribution is -0.149. The smallest absolute Gasteiger partial charge is 0.310 e. The monoisotopic (exact) mass is 159 g/mol. The summed E-state index contributed by atoms with van der Waals surface area (Å²) in [6, 6.07) is -0.198. The van der Waals surface area contributed by atoms with Crippen LogP contribution in [0.15, 0.2) is 0 Å². The minimum Gasteiger partial charge on any atom is -0.469 e. The number of ether oxygens (including phenoxy) is 2. The van der Waals surface area contributed by atoms with Crippen LogP contribution in [0.25, 0.3) is 0 Å². The minimum atomic E-state index is -0.221. The maximum atomic E-state index is 11.0. The van der Waals surface area contributed by atoms with Crippen molar-refractivity contribution in [1.82, 2.24) is 0 Å². The third kappa shape index (κ3) is 1.91. The van der Waals surface area contributed by atoms with Crippen LogP contribution in [-0.4, -0.2) is 32.3 Å². The molecule has 1 saturated heterocycles. The van der Waals surface area contributed by atoms with Crippen molar-refractivity contribution in [3.05, 3.63) is 0 Å². The SMILES string of the molecule is COC(=O)[C@H]1CCOC[C@@H]1N. The van der Waals surface area contributed by atoms with Gasteiger partial charge < -0.3 is 15.2 Å². The molecular weight excluding hydrogens is 146 g/mol. The van der Waals surface area contributed by atoms with Gasteiger partial charge in [-0.15, -0.1) is 0 Å². The molecule has 0 aliphatic carbocycles. The molecule has 0 aromatic carbocycles. The van der Waals surface area contributed by atoms with Crippen molar-refractivity contribution < 1.29 is 14.3 Å². The Kier molecular flexibility index (Phi) is 2.84. The minimum absolute atomic E-state index is 0.172. The van der Waals surface area contributed by atoms with Gasteiger partial charge in [-0.05, 0) is 6.42 Å². The number of nitrogens with two attached hydrogens (primary N) is 1. The summed E-state index contributed by atoms with van der Waals surface area (Å²) in [5.41, 5.74) is 5.63. The van der Waals surface area contributed by atoms with Gasteiger partial charge in [0, 0.05) is 12.6 Å². The van der Waals surface area contributed by atoms with E-state index in [1.165, 1.54) is 7.11 Å². The lowest BCUT2D eigenvalue weighted by Crippen LogP contribution is -2.43. The predicted molar refractivity (Wildman–Crippen MR) is 38.9 cm³/mol. The van der Waals surface area contributed by atoms with Gasteiger partial charge in [0.25, 0.3) is 0 Å². The molecule has 1 heterocycles. The summed E-state index contributed by atoms with van der Waals surface area (Å²) in [5.74, 6) is -0.394. The average molecular weight is 159 g/mol. The van der Waals surface area contributed by atoms with E-state index in [-0.39, 0.29) is 17.9 Å². The maximum absolute atomic E-state index is 11.0. The first-order valence-corrected chi connectivity index (χ1v) is 3.67. The number of carbonyl (C=O) groups excluding carboxylic acids is 1. The van der Waals surface area contributed by atoms with Gasteiger partial charge in [-0.2, -0.15) is 0 Å². The van der Waals surface area contributed by atoms with E-state index in [4.69, 9.17) is 10.5 Å². The van der Waals surface area contributed by atoms with Crippen molar-refractivity contribution in [1.29, 1.82) is 0 Å². The Morgan fingerprint density at radius 3 is 3.00 bits per heavy atom. The molecule has 4 nitrogen and oxygen atoms in total. The van der Waals surface area contributed by atoms with Gasteiger partial charge in [-0.3, -0.25) is 4.79 Å². The van der Waals surface area contributed by atoms with Crippen LogP contribution in [0.3, 0.4) is 0 Å². The van der Waals surface area contributed by atoms with E-state index in [0.717, 1.165) is 0 Å². The van der Waals surface area contributed by atoms with Gasteiger partial charge in [0.2, 0.25) is 0 Å².